The van der Waals surface area contributed by atoms with Gasteiger partial charge in [0, 0.05) is 0 Å². The molecule has 0 saturated heterocycles. The van der Waals surface area contributed by atoms with Crippen LogP contribution in [0.2, 0.25) is 0 Å². The van der Waals surface area contributed by atoms with E-state index in [0.717, 1.165) is 0 Å². The van der Waals surface area contributed by atoms with Crippen LogP contribution in [0.1, 0.15) is 6.93 Å². The van der Waals surface area contributed by atoms with Crippen LogP contribution in [0.5, 0.6) is 0 Å². The number of alkyl halides is 2. The van der Waals surface area contributed by atoms with Gasteiger partial charge in [0.2, 0.25) is 5.78 Å². The first-order chi connectivity index (χ1) is 6.50. The smallest absolute Gasteiger partial charge is 0.288 e. The zero-order chi connectivity index (χ0) is 10.6. The van der Waals surface area contributed by atoms with Crippen molar-refractivity contribution in [3.63, 3.8) is 0 Å². The van der Waals surface area contributed by atoms with E-state index in [2.05, 4.69) is 0 Å². The van der Waals surface area contributed by atoms with Gasteiger partial charge in [-0.05, 0) is 11.6 Å². The fourth-order valence-corrected chi connectivity index (χ4v) is 0.799. The predicted octanol–water partition coefficient (Wildman–Crippen LogP) is 2.53. The topological polar surface area (TPSA) is 17.1 Å². The molecule has 13 heavy (non-hydrogen) atoms. The van der Waals surface area contributed by atoms with E-state index >= 15 is 0 Å². The van der Waals surface area contributed by atoms with Crippen molar-refractivity contribution < 1.29 is 14.9 Å². The fourth-order valence-electron chi connectivity index (χ4n) is 0.799. The van der Waals surface area contributed by atoms with Gasteiger partial charge in [-0.25, -0.2) is 8.78 Å². The molecule has 1 rings (SSSR count). The third-order valence-corrected chi connectivity index (χ3v) is 1.41. The van der Waals surface area contributed by atoms with Gasteiger partial charge in [0.25, 0.3) is 6.40 Å². The molecule has 0 amide bonds. The summed E-state index contributed by atoms with van der Waals surface area (Å²) >= 11 is 0. The van der Waals surface area contributed by atoms with E-state index < -0.39 is 12.2 Å². The molecule has 0 unspecified atom stereocenters. The van der Waals surface area contributed by atoms with Gasteiger partial charge in [0.1, 0.15) is 1.37 Å². The molecule has 3 heteroatoms. The van der Waals surface area contributed by atoms with Crippen molar-refractivity contribution in [2.75, 3.05) is 0 Å². The average Bonchev–Trinajstić information content (AvgIpc) is 2.14. The van der Waals surface area contributed by atoms with Crippen molar-refractivity contribution in [2.24, 2.45) is 0 Å². The lowest BCUT2D eigenvalue weighted by atomic mass is 10.2. The standard InChI is InChI=1S/C10H8F2O/c11-10(12)9(13)7-6-8-4-2-1-3-5-8/h1-7,10H/b7-6+/i10D. The van der Waals surface area contributed by atoms with Gasteiger partial charge < -0.3 is 0 Å². The van der Waals surface area contributed by atoms with Crippen LogP contribution in [0, 0.1) is 0 Å². The second kappa shape index (κ2) is 4.50. The Bertz CT molecular complexity index is 341. The van der Waals surface area contributed by atoms with E-state index in [1.807, 2.05) is 0 Å². The number of carbonyl (C=O) groups is 1. The van der Waals surface area contributed by atoms with E-state index in [-0.39, 0.29) is 0 Å². The number of benzene rings is 1. The molecule has 0 fully saturated rings. The second-order valence-corrected chi connectivity index (χ2v) is 2.37. The maximum atomic E-state index is 12.1. The summed E-state index contributed by atoms with van der Waals surface area (Å²) in [5, 5.41) is 0. The SMILES string of the molecule is [2H]C(F)(F)C(=O)/C=C/c1ccccc1. The lowest BCUT2D eigenvalue weighted by Crippen LogP contribution is -2.04. The first-order valence-electron chi connectivity index (χ1n) is 4.15. The first kappa shape index (κ1) is 8.10. The molecule has 0 N–H and O–H groups in total. The van der Waals surface area contributed by atoms with Crippen molar-refractivity contribution in [3.8, 4) is 0 Å². The molecule has 0 aliphatic carbocycles. The van der Waals surface area contributed by atoms with E-state index in [9.17, 15) is 13.6 Å². The Morgan fingerprint density at radius 2 is 2.00 bits per heavy atom. The van der Waals surface area contributed by atoms with Gasteiger partial charge in [0.15, 0.2) is 0 Å². The number of carbonyl (C=O) groups excluding carboxylic acids is 1. The summed E-state index contributed by atoms with van der Waals surface area (Å²) in [4.78, 5) is 10.6. The summed E-state index contributed by atoms with van der Waals surface area (Å²) in [6, 6.07) is 8.57. The Kier molecular flexibility index (Phi) is 2.81. The van der Waals surface area contributed by atoms with Crippen LogP contribution >= 0.6 is 0 Å². The lowest BCUT2D eigenvalue weighted by molar-refractivity contribution is -0.124. The van der Waals surface area contributed by atoms with Gasteiger partial charge in [-0.2, -0.15) is 0 Å². The number of allylic oxidation sites excluding steroid dienone is 1. The first-order valence-corrected chi connectivity index (χ1v) is 3.65. The molecule has 0 aliphatic rings. The molecule has 0 heterocycles. The summed E-state index contributed by atoms with van der Waals surface area (Å²) in [6.45, 7) is 0. The predicted molar refractivity (Wildman–Crippen MR) is 46.5 cm³/mol. The molecule has 0 aliphatic heterocycles. The highest BCUT2D eigenvalue weighted by atomic mass is 19.3. The lowest BCUT2D eigenvalue weighted by Gasteiger charge is -1.91. The van der Waals surface area contributed by atoms with Crippen molar-refractivity contribution >= 4 is 11.9 Å². The Balaban J connectivity index is 2.71. The minimum Gasteiger partial charge on any atom is -0.288 e. The number of hydrogen-bond donors (Lipinski definition) is 0. The minimum absolute atomic E-state index is 0.644. The van der Waals surface area contributed by atoms with Crippen LogP contribution in [-0.4, -0.2) is 12.2 Å². The van der Waals surface area contributed by atoms with Gasteiger partial charge >= 0.3 is 0 Å². The third kappa shape index (κ3) is 3.15. The quantitative estimate of drug-likeness (QED) is 0.658. The number of hydrogen-bond acceptors (Lipinski definition) is 1. The van der Waals surface area contributed by atoms with Crippen molar-refractivity contribution in [2.45, 2.75) is 6.40 Å². The zero-order valence-electron chi connectivity index (χ0n) is 7.71. The zero-order valence-corrected chi connectivity index (χ0v) is 6.71. The van der Waals surface area contributed by atoms with Crippen LogP contribution < -0.4 is 0 Å². The minimum atomic E-state index is -4.04. The summed E-state index contributed by atoms with van der Waals surface area (Å²) in [7, 11) is 0. The second-order valence-electron chi connectivity index (χ2n) is 2.37. The van der Waals surface area contributed by atoms with Crippen molar-refractivity contribution in [3.05, 3.63) is 42.0 Å². The molecule has 0 atom stereocenters. The van der Waals surface area contributed by atoms with Crippen LogP contribution in [0.3, 0.4) is 0 Å². The normalized spacial score (nSPS) is 12.9. The maximum absolute atomic E-state index is 12.1. The number of halogens is 2. The highest BCUT2D eigenvalue weighted by molar-refractivity contribution is 5.95. The van der Waals surface area contributed by atoms with Gasteiger partial charge in [-0.3, -0.25) is 4.79 Å². The monoisotopic (exact) mass is 183 g/mol. The highest BCUT2D eigenvalue weighted by Gasteiger charge is 2.10. The number of ketones is 1. The molecular formula is C10H8F2O. The van der Waals surface area contributed by atoms with Crippen LogP contribution in [-0.2, 0) is 4.79 Å². The van der Waals surface area contributed by atoms with Crippen LogP contribution in [0.15, 0.2) is 36.4 Å². The Labute approximate surface area is 76.1 Å². The molecule has 1 aromatic carbocycles. The maximum Gasteiger partial charge on any atom is 0.299 e. The van der Waals surface area contributed by atoms with Gasteiger partial charge in [-0.1, -0.05) is 36.4 Å². The van der Waals surface area contributed by atoms with E-state index in [1.54, 1.807) is 30.3 Å². The van der Waals surface area contributed by atoms with Crippen molar-refractivity contribution in [1.82, 2.24) is 0 Å². The Morgan fingerprint density at radius 1 is 1.38 bits per heavy atom. The molecule has 0 saturated carbocycles. The molecule has 1 nitrogen and oxygen atoms in total. The van der Waals surface area contributed by atoms with Crippen LogP contribution in [0.4, 0.5) is 8.78 Å². The summed E-state index contributed by atoms with van der Waals surface area (Å²) < 4.78 is 30.3. The molecule has 0 radical (unpaired) electrons. The average molecular weight is 183 g/mol. The number of rotatable bonds is 3. The summed E-state index contributed by atoms with van der Waals surface area (Å²) in [5.74, 6) is -1.51. The van der Waals surface area contributed by atoms with Gasteiger partial charge in [0.05, 0.1) is 0 Å². The Hall–Kier alpha value is -1.51. The molecule has 1 aromatic rings. The Morgan fingerprint density at radius 3 is 2.54 bits per heavy atom. The molecule has 68 valence electrons. The van der Waals surface area contributed by atoms with E-state index in [0.29, 0.717) is 11.6 Å². The molecule has 0 bridgehead atoms. The van der Waals surface area contributed by atoms with Crippen molar-refractivity contribution in [1.29, 1.82) is 0 Å². The molecular weight excluding hydrogens is 174 g/mol. The van der Waals surface area contributed by atoms with Crippen LogP contribution in [0.25, 0.3) is 6.08 Å². The van der Waals surface area contributed by atoms with Gasteiger partial charge in [-0.15, -0.1) is 0 Å². The summed E-state index contributed by atoms with van der Waals surface area (Å²) in [6.07, 6.45) is -2.07. The summed E-state index contributed by atoms with van der Waals surface area (Å²) in [5.41, 5.74) is 0.644. The van der Waals surface area contributed by atoms with E-state index in [1.165, 1.54) is 6.08 Å². The third-order valence-electron chi connectivity index (χ3n) is 1.41. The highest BCUT2D eigenvalue weighted by Crippen LogP contribution is 2.03. The molecule has 0 aromatic heterocycles. The largest absolute Gasteiger partial charge is 0.299 e. The fraction of sp³-hybridized carbons (Fsp3) is 0.100. The molecule has 0 spiro atoms. The van der Waals surface area contributed by atoms with E-state index in [4.69, 9.17) is 1.37 Å².